The maximum Gasteiger partial charge on any atom is 0.333 e. The zero-order chi connectivity index (χ0) is 16.5. The van der Waals surface area contributed by atoms with Gasteiger partial charge >= 0.3 is 5.97 Å². The van der Waals surface area contributed by atoms with Gasteiger partial charge in [-0.05, 0) is 19.1 Å². The Morgan fingerprint density at radius 3 is 2.36 bits per heavy atom. The molecule has 0 amide bonds. The molecule has 1 fully saturated rings. The molecule has 6 nitrogen and oxygen atoms in total. The topological polar surface area (TPSA) is 77.9 Å². The monoisotopic (exact) mass is 324 g/mol. The highest BCUT2D eigenvalue weighted by atomic mass is 32.2. The van der Waals surface area contributed by atoms with E-state index in [-0.39, 0.29) is 18.2 Å². The lowest BCUT2D eigenvalue weighted by atomic mass is 10.0. The number of aliphatic carboxylic acids is 1. The smallest absolute Gasteiger partial charge is 0.333 e. The molecule has 1 aromatic carbocycles. The molecule has 0 bridgehead atoms. The summed E-state index contributed by atoms with van der Waals surface area (Å²) in [5.41, 5.74) is 0.847. The van der Waals surface area contributed by atoms with Crippen molar-refractivity contribution in [1.82, 2.24) is 4.31 Å². The van der Waals surface area contributed by atoms with Gasteiger partial charge < -0.3 is 10.0 Å². The van der Waals surface area contributed by atoms with Crippen LogP contribution in [-0.4, -0.2) is 55.2 Å². The first-order valence-corrected chi connectivity index (χ1v) is 8.77. The van der Waals surface area contributed by atoms with Crippen molar-refractivity contribution in [2.24, 2.45) is 0 Å². The molecule has 1 aromatic rings. The minimum absolute atomic E-state index is 0.0101. The number of carboxylic acids is 1. The highest BCUT2D eigenvalue weighted by molar-refractivity contribution is 7.88. The maximum atomic E-state index is 11.8. The van der Waals surface area contributed by atoms with E-state index in [1.54, 1.807) is 0 Å². The number of rotatable bonds is 4. The Labute approximate surface area is 130 Å². The van der Waals surface area contributed by atoms with Crippen LogP contribution in [-0.2, 0) is 14.8 Å². The molecule has 2 rings (SSSR count). The van der Waals surface area contributed by atoms with Gasteiger partial charge in [0.05, 0.1) is 17.9 Å². The minimum Gasteiger partial charge on any atom is -0.478 e. The van der Waals surface area contributed by atoms with E-state index in [9.17, 15) is 18.3 Å². The fourth-order valence-corrected chi connectivity index (χ4v) is 3.67. The van der Waals surface area contributed by atoms with Crippen LogP contribution < -0.4 is 4.90 Å². The Morgan fingerprint density at radius 2 is 1.86 bits per heavy atom. The minimum atomic E-state index is -3.38. The standard InChI is InChI=1S/C15H20N2O4S/c1-11-9-16(22(3,20)21)10-14(12(2)15(18)19)17(11)13-7-5-4-6-8-13/h4-8,11,14H,2,9-10H2,1,3H3,(H,18,19)/t11-,14-/m1/s1. The summed E-state index contributed by atoms with van der Waals surface area (Å²) in [5.74, 6) is -1.12. The summed E-state index contributed by atoms with van der Waals surface area (Å²) in [4.78, 5) is 13.3. The number of para-hydroxylation sites is 1. The first kappa shape index (κ1) is 16.5. The molecule has 22 heavy (non-hydrogen) atoms. The molecule has 0 unspecified atom stereocenters. The van der Waals surface area contributed by atoms with Crippen molar-refractivity contribution < 1.29 is 18.3 Å². The Bertz CT molecular complexity index is 672. The molecular formula is C15H20N2O4S. The van der Waals surface area contributed by atoms with Crippen LogP contribution in [0.5, 0.6) is 0 Å². The normalized spacial score (nSPS) is 23.3. The fraction of sp³-hybridized carbons (Fsp3) is 0.400. The number of anilines is 1. The summed E-state index contributed by atoms with van der Waals surface area (Å²) in [7, 11) is -3.38. The lowest BCUT2D eigenvalue weighted by Gasteiger charge is -2.46. The highest BCUT2D eigenvalue weighted by Crippen LogP contribution is 2.28. The average Bonchev–Trinajstić information content (AvgIpc) is 2.45. The van der Waals surface area contributed by atoms with E-state index < -0.39 is 22.0 Å². The van der Waals surface area contributed by atoms with E-state index in [1.165, 1.54) is 4.31 Å². The first-order valence-electron chi connectivity index (χ1n) is 6.92. The summed E-state index contributed by atoms with van der Waals surface area (Å²) < 4.78 is 25.0. The molecule has 7 heteroatoms. The van der Waals surface area contributed by atoms with E-state index in [1.807, 2.05) is 42.2 Å². The molecule has 120 valence electrons. The van der Waals surface area contributed by atoms with Crippen molar-refractivity contribution in [2.75, 3.05) is 24.2 Å². The fourth-order valence-electron chi connectivity index (χ4n) is 2.77. The number of sulfonamides is 1. The van der Waals surface area contributed by atoms with Crippen LogP contribution in [0, 0.1) is 0 Å². The van der Waals surface area contributed by atoms with E-state index in [0.29, 0.717) is 6.54 Å². The number of nitrogens with zero attached hydrogens (tertiary/aromatic N) is 2. The van der Waals surface area contributed by atoms with E-state index in [4.69, 9.17) is 0 Å². The molecule has 1 aliphatic rings. The Balaban J connectivity index is 2.43. The maximum absolute atomic E-state index is 11.8. The summed E-state index contributed by atoms with van der Waals surface area (Å²) >= 11 is 0. The molecule has 0 saturated carbocycles. The Kier molecular flexibility index (Phi) is 4.58. The van der Waals surface area contributed by atoms with Crippen molar-refractivity contribution in [2.45, 2.75) is 19.0 Å². The van der Waals surface area contributed by atoms with Gasteiger partial charge in [0.1, 0.15) is 0 Å². The van der Waals surface area contributed by atoms with Crippen LogP contribution in [0.2, 0.25) is 0 Å². The third-order valence-electron chi connectivity index (χ3n) is 3.86. The molecule has 1 N–H and O–H groups in total. The van der Waals surface area contributed by atoms with Gasteiger partial charge in [0.2, 0.25) is 10.0 Å². The second kappa shape index (κ2) is 6.10. The molecule has 0 aromatic heterocycles. The van der Waals surface area contributed by atoms with Crippen LogP contribution in [0.15, 0.2) is 42.5 Å². The van der Waals surface area contributed by atoms with Crippen molar-refractivity contribution in [3.8, 4) is 0 Å². The number of piperazine rings is 1. The van der Waals surface area contributed by atoms with Gasteiger partial charge in [0.15, 0.2) is 0 Å². The van der Waals surface area contributed by atoms with Crippen molar-refractivity contribution in [1.29, 1.82) is 0 Å². The number of carbonyl (C=O) groups is 1. The lowest BCUT2D eigenvalue weighted by Crippen LogP contribution is -2.60. The quantitative estimate of drug-likeness (QED) is 0.841. The van der Waals surface area contributed by atoms with Gasteiger partial charge in [-0.25, -0.2) is 13.2 Å². The predicted octanol–water partition coefficient (Wildman–Crippen LogP) is 1.17. The average molecular weight is 324 g/mol. The van der Waals surface area contributed by atoms with Crippen molar-refractivity contribution >= 4 is 21.7 Å². The molecule has 1 saturated heterocycles. The largest absolute Gasteiger partial charge is 0.478 e. The summed E-state index contributed by atoms with van der Waals surface area (Å²) in [6.45, 7) is 5.93. The first-order chi connectivity index (χ1) is 10.2. The van der Waals surface area contributed by atoms with Gasteiger partial charge in [-0.1, -0.05) is 24.8 Å². The SMILES string of the molecule is C=C(C(=O)O)[C@H]1CN(S(C)(=O)=O)C[C@@H](C)N1c1ccccc1. The van der Waals surface area contributed by atoms with Crippen LogP contribution in [0.3, 0.4) is 0 Å². The zero-order valence-electron chi connectivity index (χ0n) is 12.6. The van der Waals surface area contributed by atoms with E-state index in [2.05, 4.69) is 6.58 Å². The molecule has 2 atom stereocenters. The Morgan fingerprint density at radius 1 is 1.27 bits per heavy atom. The molecule has 0 spiro atoms. The molecule has 1 aliphatic heterocycles. The second-order valence-electron chi connectivity index (χ2n) is 5.52. The van der Waals surface area contributed by atoms with Gasteiger partial charge in [0, 0.05) is 24.8 Å². The number of hydrogen-bond donors (Lipinski definition) is 1. The van der Waals surface area contributed by atoms with Crippen LogP contribution in [0.4, 0.5) is 5.69 Å². The van der Waals surface area contributed by atoms with Crippen LogP contribution in [0.1, 0.15) is 6.92 Å². The van der Waals surface area contributed by atoms with Gasteiger partial charge in [0.25, 0.3) is 0 Å². The zero-order valence-corrected chi connectivity index (χ0v) is 13.5. The summed E-state index contributed by atoms with van der Waals surface area (Å²) in [5, 5.41) is 9.28. The van der Waals surface area contributed by atoms with E-state index in [0.717, 1.165) is 11.9 Å². The third kappa shape index (κ3) is 3.31. The summed E-state index contributed by atoms with van der Waals surface area (Å²) in [6.07, 6.45) is 1.14. The van der Waals surface area contributed by atoms with Gasteiger partial charge in [-0.3, -0.25) is 0 Å². The van der Waals surface area contributed by atoms with Crippen molar-refractivity contribution in [3.63, 3.8) is 0 Å². The molecular weight excluding hydrogens is 304 g/mol. The number of hydrogen-bond acceptors (Lipinski definition) is 4. The molecule has 0 aliphatic carbocycles. The van der Waals surface area contributed by atoms with E-state index >= 15 is 0 Å². The molecule has 1 heterocycles. The van der Waals surface area contributed by atoms with Crippen LogP contribution >= 0.6 is 0 Å². The Hall–Kier alpha value is -1.86. The van der Waals surface area contributed by atoms with Gasteiger partial charge in [-0.2, -0.15) is 4.31 Å². The predicted molar refractivity (Wildman–Crippen MR) is 85.4 cm³/mol. The van der Waals surface area contributed by atoms with Crippen molar-refractivity contribution in [3.05, 3.63) is 42.5 Å². The molecule has 0 radical (unpaired) electrons. The summed E-state index contributed by atoms with van der Waals surface area (Å²) in [6, 6.07) is 8.62. The third-order valence-corrected chi connectivity index (χ3v) is 5.09. The number of benzene rings is 1. The highest BCUT2D eigenvalue weighted by Gasteiger charge is 2.38. The van der Waals surface area contributed by atoms with Gasteiger partial charge in [-0.15, -0.1) is 0 Å². The lowest BCUT2D eigenvalue weighted by molar-refractivity contribution is -0.133. The second-order valence-corrected chi connectivity index (χ2v) is 7.50. The van der Waals surface area contributed by atoms with Crippen LogP contribution in [0.25, 0.3) is 0 Å². The number of carboxylic acid groups (broad SMARTS) is 1.